The van der Waals surface area contributed by atoms with E-state index in [1.54, 1.807) is 0 Å². The minimum Gasteiger partial charge on any atom is -0.370 e. The van der Waals surface area contributed by atoms with Crippen LogP contribution in [0.4, 0.5) is 0 Å². The van der Waals surface area contributed by atoms with Gasteiger partial charge in [-0.15, -0.1) is 0 Å². The quantitative estimate of drug-likeness (QED) is 0.595. The van der Waals surface area contributed by atoms with E-state index in [9.17, 15) is 5.11 Å². The summed E-state index contributed by atoms with van der Waals surface area (Å²) in [5.41, 5.74) is 0. The molecule has 1 unspecified atom stereocenters. The maximum Gasteiger partial charge on any atom is 0.263 e. The van der Waals surface area contributed by atoms with Crippen LogP contribution in [0.1, 0.15) is 6.92 Å². The monoisotopic (exact) mass is 280 g/mol. The molecular weight excluding hydrogens is 252 g/mol. The zero-order valence-electron chi connectivity index (χ0n) is 12.0. The minimum atomic E-state index is -1.81. The van der Waals surface area contributed by atoms with Crippen LogP contribution in [0, 0.1) is 5.92 Å². The SMILES string of the molecule is CC(C[SiH3])C(O)(O[Si](C)(C)C)O[Si](C)(C)C. The van der Waals surface area contributed by atoms with Crippen molar-refractivity contribution in [3.63, 3.8) is 0 Å². The summed E-state index contributed by atoms with van der Waals surface area (Å²) in [4.78, 5) is 0. The van der Waals surface area contributed by atoms with E-state index in [0.717, 1.165) is 16.3 Å². The van der Waals surface area contributed by atoms with Gasteiger partial charge in [0, 0.05) is 16.2 Å². The number of hydrogen-bond donors (Lipinski definition) is 1. The lowest BCUT2D eigenvalue weighted by Gasteiger charge is -2.41. The van der Waals surface area contributed by atoms with Crippen LogP contribution in [0.5, 0.6) is 0 Å². The van der Waals surface area contributed by atoms with E-state index in [0.29, 0.717) is 0 Å². The van der Waals surface area contributed by atoms with Crippen LogP contribution >= 0.6 is 0 Å². The highest BCUT2D eigenvalue weighted by Crippen LogP contribution is 2.30. The first-order valence-corrected chi connectivity index (χ1v) is 14.3. The third-order valence-corrected chi connectivity index (χ3v) is 5.17. The van der Waals surface area contributed by atoms with Gasteiger partial charge in [0.15, 0.2) is 16.6 Å². The van der Waals surface area contributed by atoms with Gasteiger partial charge in [0.2, 0.25) is 0 Å². The summed E-state index contributed by atoms with van der Waals surface area (Å²) in [6, 6.07) is 0.978. The van der Waals surface area contributed by atoms with Gasteiger partial charge in [-0.3, -0.25) is 0 Å². The molecule has 0 aromatic carbocycles. The predicted octanol–water partition coefficient (Wildman–Crippen LogP) is 1.76. The summed E-state index contributed by atoms with van der Waals surface area (Å²) in [5, 5.41) is 10.6. The average molecular weight is 281 g/mol. The molecule has 0 fully saturated rings. The van der Waals surface area contributed by atoms with E-state index < -0.39 is 22.6 Å². The summed E-state index contributed by atoms with van der Waals surface area (Å²) >= 11 is 0. The third-order valence-electron chi connectivity index (χ3n) is 2.14. The largest absolute Gasteiger partial charge is 0.370 e. The van der Waals surface area contributed by atoms with Gasteiger partial charge in [0.25, 0.3) is 5.97 Å². The van der Waals surface area contributed by atoms with Crippen molar-refractivity contribution < 1.29 is 14.0 Å². The summed E-state index contributed by atoms with van der Waals surface area (Å²) < 4.78 is 11.8. The summed E-state index contributed by atoms with van der Waals surface area (Å²) in [5.74, 6) is -1.31. The van der Waals surface area contributed by atoms with Crippen LogP contribution in [-0.2, 0) is 8.85 Å². The fraction of sp³-hybridized carbons (Fsp3) is 1.00. The molecule has 0 aromatic heterocycles. The number of aliphatic hydroxyl groups is 1. The van der Waals surface area contributed by atoms with E-state index in [2.05, 4.69) is 39.3 Å². The highest BCUT2D eigenvalue weighted by atomic mass is 28.4. The van der Waals surface area contributed by atoms with Crippen LogP contribution in [0.2, 0.25) is 45.3 Å². The van der Waals surface area contributed by atoms with Gasteiger partial charge in [-0.05, 0) is 39.3 Å². The van der Waals surface area contributed by atoms with Gasteiger partial charge >= 0.3 is 0 Å². The summed E-state index contributed by atoms with van der Waals surface area (Å²) in [6.45, 7) is 14.5. The van der Waals surface area contributed by atoms with Crippen LogP contribution in [-0.4, -0.2) is 38.0 Å². The van der Waals surface area contributed by atoms with Crippen molar-refractivity contribution in [2.24, 2.45) is 5.92 Å². The smallest absolute Gasteiger partial charge is 0.263 e. The topological polar surface area (TPSA) is 38.7 Å². The third kappa shape index (κ3) is 6.31. The predicted molar refractivity (Wildman–Crippen MR) is 77.7 cm³/mol. The second kappa shape index (κ2) is 5.45. The Kier molecular flexibility index (Phi) is 5.63. The second-order valence-corrected chi connectivity index (χ2v) is 16.0. The first-order chi connectivity index (χ1) is 6.90. The number of hydrogen-bond acceptors (Lipinski definition) is 3. The first-order valence-electron chi connectivity index (χ1n) is 6.02. The Morgan fingerprint density at radius 2 is 1.38 bits per heavy atom. The molecule has 3 nitrogen and oxygen atoms in total. The molecule has 0 aliphatic carbocycles. The highest BCUT2D eigenvalue weighted by molar-refractivity contribution is 6.70. The molecule has 0 bridgehead atoms. The van der Waals surface area contributed by atoms with Crippen molar-refractivity contribution in [2.75, 3.05) is 0 Å². The van der Waals surface area contributed by atoms with Gasteiger partial charge < -0.3 is 14.0 Å². The molecule has 0 saturated heterocycles. The van der Waals surface area contributed by atoms with Gasteiger partial charge in [-0.1, -0.05) is 13.0 Å². The van der Waals surface area contributed by atoms with Crippen LogP contribution < -0.4 is 0 Å². The van der Waals surface area contributed by atoms with Crippen molar-refractivity contribution in [3.8, 4) is 0 Å². The van der Waals surface area contributed by atoms with Crippen molar-refractivity contribution >= 4 is 26.9 Å². The zero-order valence-corrected chi connectivity index (χ0v) is 16.0. The minimum absolute atomic E-state index is 0.0533. The molecule has 0 radical (unpaired) electrons. The second-order valence-electron chi connectivity index (χ2n) is 6.37. The van der Waals surface area contributed by atoms with Crippen molar-refractivity contribution in [3.05, 3.63) is 0 Å². The van der Waals surface area contributed by atoms with Crippen molar-refractivity contribution in [1.82, 2.24) is 0 Å². The Bertz CT molecular complexity index is 204. The molecule has 1 atom stereocenters. The van der Waals surface area contributed by atoms with E-state index in [1.807, 2.05) is 6.92 Å². The molecule has 0 aromatic rings. The molecule has 0 heterocycles. The lowest BCUT2D eigenvalue weighted by molar-refractivity contribution is -0.309. The molecule has 1 N–H and O–H groups in total. The molecule has 98 valence electrons. The molecule has 0 aliphatic rings. The molecule has 0 amide bonds. The molecule has 6 heteroatoms. The average Bonchev–Trinajstić information content (AvgIpc) is 1.95. The van der Waals surface area contributed by atoms with Crippen molar-refractivity contribution in [1.29, 1.82) is 0 Å². The maximum atomic E-state index is 10.6. The molecule has 16 heavy (non-hydrogen) atoms. The Balaban J connectivity index is 4.90. The molecule has 0 rings (SSSR count). The first kappa shape index (κ1) is 16.5. The lowest BCUT2D eigenvalue weighted by Crippen LogP contribution is -2.53. The van der Waals surface area contributed by atoms with Gasteiger partial charge in [-0.2, -0.15) is 0 Å². The van der Waals surface area contributed by atoms with Crippen LogP contribution in [0.15, 0.2) is 0 Å². The molecular formula is C10H28O3Si3. The normalized spacial score (nSPS) is 16.5. The van der Waals surface area contributed by atoms with E-state index in [-0.39, 0.29) is 5.92 Å². The molecule has 0 spiro atoms. The van der Waals surface area contributed by atoms with Gasteiger partial charge in [-0.25, -0.2) is 0 Å². The van der Waals surface area contributed by atoms with Gasteiger partial charge in [0.05, 0.1) is 0 Å². The van der Waals surface area contributed by atoms with E-state index in [1.165, 1.54) is 0 Å². The van der Waals surface area contributed by atoms with Gasteiger partial charge in [0.1, 0.15) is 0 Å². The van der Waals surface area contributed by atoms with Crippen LogP contribution in [0.25, 0.3) is 0 Å². The molecule has 0 aliphatic heterocycles. The Hall–Kier alpha value is 0.531. The standard InChI is InChI=1S/C10H28O3Si3/c1-9(8-14)10(11,12-15(2,3)4)13-16(5,6)7/h9,11H,8H2,1-7,14H3. The summed E-state index contributed by atoms with van der Waals surface area (Å²) in [7, 11) is -2.57. The fourth-order valence-corrected chi connectivity index (χ4v) is 4.20. The zero-order chi connectivity index (χ0) is 13.2. The van der Waals surface area contributed by atoms with Crippen LogP contribution in [0.3, 0.4) is 0 Å². The fourth-order valence-electron chi connectivity index (χ4n) is 1.36. The Labute approximate surface area is 105 Å². The maximum absolute atomic E-state index is 10.6. The lowest BCUT2D eigenvalue weighted by atomic mass is 10.2. The van der Waals surface area contributed by atoms with Crippen molar-refractivity contribution in [2.45, 2.75) is 58.2 Å². The van der Waals surface area contributed by atoms with E-state index >= 15 is 0 Å². The summed E-state index contributed by atoms with van der Waals surface area (Å²) in [6.07, 6.45) is 0. The van der Waals surface area contributed by atoms with E-state index in [4.69, 9.17) is 8.85 Å². The molecule has 0 saturated carbocycles. The highest BCUT2D eigenvalue weighted by Gasteiger charge is 2.42. The Morgan fingerprint density at radius 3 is 1.56 bits per heavy atom. The number of rotatable bonds is 6. The Morgan fingerprint density at radius 1 is 1.06 bits per heavy atom.